The first-order valence-electron chi connectivity index (χ1n) is 10.00. The van der Waals surface area contributed by atoms with Crippen LogP contribution in [0.3, 0.4) is 0 Å². The van der Waals surface area contributed by atoms with Crippen molar-refractivity contribution < 1.29 is 22.9 Å². The molecule has 2 aromatic rings. The molecule has 0 saturated carbocycles. The molecule has 0 fully saturated rings. The number of rotatable bonds is 3. The Hall–Kier alpha value is -2.46. The number of hydrogen-bond acceptors (Lipinski definition) is 6. The van der Waals surface area contributed by atoms with Crippen LogP contribution < -0.4 is 10.1 Å². The molecule has 2 atom stereocenters. The molecule has 3 aliphatic rings. The molecule has 30 heavy (non-hydrogen) atoms. The largest absolute Gasteiger partial charge is 0.476 e. The van der Waals surface area contributed by atoms with Crippen LogP contribution >= 0.6 is 0 Å². The number of halogens is 1. The zero-order valence-corrected chi connectivity index (χ0v) is 17.3. The number of aromatic nitrogens is 2. The lowest BCUT2D eigenvalue weighted by atomic mass is 9.99. The molecule has 0 saturated heterocycles. The number of aryl methyl sites for hydroxylation is 1. The van der Waals surface area contributed by atoms with Gasteiger partial charge in [0.05, 0.1) is 6.54 Å². The summed E-state index contributed by atoms with van der Waals surface area (Å²) in [5.74, 6) is 0.333. The van der Waals surface area contributed by atoms with Gasteiger partial charge in [-0.05, 0) is 46.4 Å². The molecule has 160 valence electrons. The van der Waals surface area contributed by atoms with Crippen LogP contribution in [0.25, 0.3) is 0 Å². The third-order valence-corrected chi connectivity index (χ3v) is 6.92. The molecule has 10 heteroatoms. The molecule has 0 unspecified atom stereocenters. The molecule has 0 bridgehead atoms. The number of carbonyl (C=O) groups excluding carboxylic acids is 1. The van der Waals surface area contributed by atoms with E-state index < -0.39 is 22.8 Å². The Morgan fingerprint density at radius 1 is 1.37 bits per heavy atom. The smallest absolute Gasteiger partial charge is 0.322 e. The summed E-state index contributed by atoms with van der Waals surface area (Å²) < 4.78 is 42.9. The van der Waals surface area contributed by atoms with Crippen molar-refractivity contribution in [1.29, 1.82) is 0 Å². The van der Waals surface area contributed by atoms with E-state index in [0.29, 0.717) is 31.1 Å². The van der Waals surface area contributed by atoms with Crippen LogP contribution in [-0.4, -0.2) is 41.8 Å². The number of ether oxygens (including phenoxy) is 2. The number of carbonyl (C=O) groups is 1. The second kappa shape index (κ2) is 7.66. The first-order valence-corrected chi connectivity index (χ1v) is 11.1. The summed E-state index contributed by atoms with van der Waals surface area (Å²) in [6.45, 7) is 0.785. The number of nitrogens with zero attached hydrogens (tertiary/aromatic N) is 3. The average molecular weight is 433 g/mol. The van der Waals surface area contributed by atoms with Crippen molar-refractivity contribution in [1.82, 2.24) is 9.78 Å². The molecular formula is C20H22FN4O4S-. The van der Waals surface area contributed by atoms with Crippen LogP contribution in [0.15, 0.2) is 21.5 Å². The summed E-state index contributed by atoms with van der Waals surface area (Å²) >= 11 is 0. The fourth-order valence-electron chi connectivity index (χ4n) is 4.52. The second-order valence-corrected chi connectivity index (χ2v) is 8.94. The van der Waals surface area contributed by atoms with Gasteiger partial charge in [0.25, 0.3) is 0 Å². The lowest BCUT2D eigenvalue weighted by molar-refractivity contribution is 0.0165. The van der Waals surface area contributed by atoms with Crippen molar-refractivity contribution in [3.8, 4) is 5.88 Å². The number of anilines is 1. The molecular weight excluding hydrogens is 411 g/mol. The minimum atomic E-state index is -1.97. The van der Waals surface area contributed by atoms with Crippen molar-refractivity contribution >= 4 is 22.3 Å². The van der Waals surface area contributed by atoms with E-state index in [-0.39, 0.29) is 17.4 Å². The molecule has 0 spiro atoms. The SMILES string of the molecule is CO[C@@H]1COc2c([S-](=O)=NC(=O)Nc3c4c(cc5c3C[C@@H](F)C5)CCC4)cnn2C1. The van der Waals surface area contributed by atoms with E-state index in [1.807, 2.05) is 0 Å². The Morgan fingerprint density at radius 2 is 2.23 bits per heavy atom. The van der Waals surface area contributed by atoms with E-state index >= 15 is 0 Å². The van der Waals surface area contributed by atoms with E-state index in [0.717, 1.165) is 41.5 Å². The van der Waals surface area contributed by atoms with Crippen LogP contribution in [-0.2, 0) is 51.8 Å². The Bertz CT molecular complexity index is 1110. The third kappa shape index (κ3) is 3.37. The molecule has 1 aromatic carbocycles. The standard InChI is InChI=1S/C20H22FN4O4S/c1-28-14-9-25-19(29-10-14)17(8-22-25)30(27)24-20(26)23-18-15-4-2-3-11(15)5-12-6-13(21)7-16(12)18/h5,8,13-14H,2-4,6-7,9-10H2,1H3,(H,23,26)/q-1/t13-,14-/m0/s1. The predicted molar refractivity (Wildman–Crippen MR) is 107 cm³/mol. The van der Waals surface area contributed by atoms with Gasteiger partial charge in [0.15, 0.2) is 5.88 Å². The molecule has 0 radical (unpaired) electrons. The number of methoxy groups -OCH3 is 1. The molecule has 1 N–H and O–H groups in total. The van der Waals surface area contributed by atoms with Gasteiger partial charge in [-0.3, -0.25) is 0 Å². The highest BCUT2D eigenvalue weighted by Gasteiger charge is 2.29. The maximum atomic E-state index is 14.0. The molecule has 1 aliphatic heterocycles. The number of fused-ring (bicyclic) bond motifs is 3. The topological polar surface area (TPSA) is 94.8 Å². The van der Waals surface area contributed by atoms with Crippen molar-refractivity contribution in [3.63, 3.8) is 0 Å². The number of hydrogen-bond donors (Lipinski definition) is 1. The van der Waals surface area contributed by atoms with Gasteiger partial charge in [-0.25, -0.2) is 13.9 Å². The first kappa shape index (κ1) is 19.5. The fraction of sp³-hybridized carbons (Fsp3) is 0.500. The van der Waals surface area contributed by atoms with Gasteiger partial charge in [0, 0.05) is 31.8 Å². The van der Waals surface area contributed by atoms with Crippen LogP contribution in [0.2, 0.25) is 0 Å². The summed E-state index contributed by atoms with van der Waals surface area (Å²) in [4.78, 5) is 12.9. The van der Waals surface area contributed by atoms with Gasteiger partial charge < -0.3 is 23.4 Å². The number of amides is 2. The Labute approximate surface area is 175 Å². The quantitative estimate of drug-likeness (QED) is 0.751. The summed E-state index contributed by atoms with van der Waals surface area (Å²) in [6, 6.07) is 1.36. The Balaban J connectivity index is 1.41. The van der Waals surface area contributed by atoms with Crippen LogP contribution in [0, 0.1) is 0 Å². The highest BCUT2D eigenvalue weighted by Crippen LogP contribution is 2.39. The van der Waals surface area contributed by atoms with Crippen molar-refractivity contribution in [2.75, 3.05) is 19.0 Å². The van der Waals surface area contributed by atoms with Gasteiger partial charge >= 0.3 is 6.03 Å². The van der Waals surface area contributed by atoms with Crippen LogP contribution in [0.4, 0.5) is 14.9 Å². The summed E-state index contributed by atoms with van der Waals surface area (Å²) in [7, 11) is -0.386. The lowest BCUT2D eigenvalue weighted by Crippen LogP contribution is -2.31. The maximum Gasteiger partial charge on any atom is 0.322 e. The molecule has 5 rings (SSSR count). The van der Waals surface area contributed by atoms with E-state index in [2.05, 4.69) is 20.8 Å². The van der Waals surface area contributed by atoms with Gasteiger partial charge in [-0.1, -0.05) is 6.07 Å². The summed E-state index contributed by atoms with van der Waals surface area (Å²) in [5, 5.41) is 6.95. The highest BCUT2D eigenvalue weighted by atomic mass is 32.2. The lowest BCUT2D eigenvalue weighted by Gasteiger charge is -2.24. The zero-order chi connectivity index (χ0) is 20.8. The second-order valence-electron chi connectivity index (χ2n) is 7.82. The average Bonchev–Trinajstić information content (AvgIpc) is 3.44. The third-order valence-electron chi connectivity index (χ3n) is 5.93. The Morgan fingerprint density at radius 3 is 3.07 bits per heavy atom. The van der Waals surface area contributed by atoms with Crippen molar-refractivity contribution in [2.45, 2.75) is 55.8 Å². The number of urea groups is 1. The molecule has 1 aromatic heterocycles. The van der Waals surface area contributed by atoms with Gasteiger partial charge in [-0.2, -0.15) is 5.10 Å². The minimum absolute atomic E-state index is 0.138. The zero-order valence-electron chi connectivity index (χ0n) is 16.5. The maximum absolute atomic E-state index is 14.0. The number of benzene rings is 1. The van der Waals surface area contributed by atoms with Crippen LogP contribution in [0.1, 0.15) is 28.7 Å². The van der Waals surface area contributed by atoms with E-state index in [1.165, 1.54) is 6.20 Å². The number of nitrogens with one attached hydrogen (secondary N) is 1. The summed E-state index contributed by atoms with van der Waals surface area (Å²) in [6.07, 6.45) is 3.75. The van der Waals surface area contributed by atoms with Gasteiger partial charge in [-0.15, -0.1) is 10.6 Å². The van der Waals surface area contributed by atoms with Gasteiger partial charge in [0.1, 0.15) is 18.9 Å². The highest BCUT2D eigenvalue weighted by molar-refractivity contribution is 7.75. The van der Waals surface area contributed by atoms with E-state index in [4.69, 9.17) is 9.47 Å². The monoisotopic (exact) mass is 433 g/mol. The number of alkyl halides is 1. The van der Waals surface area contributed by atoms with Crippen LogP contribution in [0.5, 0.6) is 5.88 Å². The van der Waals surface area contributed by atoms with E-state index in [1.54, 1.807) is 11.8 Å². The van der Waals surface area contributed by atoms with Gasteiger partial charge in [0.2, 0.25) is 0 Å². The predicted octanol–water partition coefficient (Wildman–Crippen LogP) is 2.95. The van der Waals surface area contributed by atoms with E-state index in [9.17, 15) is 13.4 Å². The first-order chi connectivity index (χ1) is 14.5. The normalized spacial score (nSPS) is 22.9. The minimum Gasteiger partial charge on any atom is -0.476 e. The van der Waals surface area contributed by atoms with Crippen molar-refractivity contribution in [2.24, 2.45) is 4.36 Å². The molecule has 8 nitrogen and oxygen atoms in total. The summed E-state index contributed by atoms with van der Waals surface area (Å²) in [5.41, 5.74) is 4.66. The molecule has 2 heterocycles. The Kier molecular flexibility index (Phi) is 4.98. The molecule has 2 aliphatic carbocycles. The van der Waals surface area contributed by atoms with Crippen molar-refractivity contribution in [3.05, 3.63) is 34.5 Å². The molecule has 2 amide bonds. The fourth-order valence-corrected chi connectivity index (χ4v) is 5.26.